The van der Waals surface area contributed by atoms with E-state index in [2.05, 4.69) is 10.2 Å². The summed E-state index contributed by atoms with van der Waals surface area (Å²) in [7, 11) is 0. The predicted octanol–water partition coefficient (Wildman–Crippen LogP) is 5.87. The maximum atomic E-state index is 12.5. The van der Waals surface area contributed by atoms with Crippen molar-refractivity contribution >= 4 is 29.1 Å². The van der Waals surface area contributed by atoms with Gasteiger partial charge in [0, 0.05) is 21.8 Å². The lowest BCUT2D eigenvalue weighted by molar-refractivity contribution is 0.102. The lowest BCUT2D eigenvalue weighted by atomic mass is 10.1. The van der Waals surface area contributed by atoms with Crippen molar-refractivity contribution in [3.8, 4) is 17.1 Å². The monoisotopic (exact) mass is 419 g/mol. The van der Waals surface area contributed by atoms with Gasteiger partial charge in [-0.1, -0.05) is 83.5 Å². The molecule has 6 heteroatoms. The van der Waals surface area contributed by atoms with Crippen LogP contribution in [-0.4, -0.2) is 26.3 Å². The van der Waals surface area contributed by atoms with E-state index in [1.807, 2.05) is 90.4 Å². The van der Waals surface area contributed by atoms with Crippen molar-refractivity contribution in [3.05, 3.63) is 95.0 Å². The number of rotatable bonds is 6. The summed E-state index contributed by atoms with van der Waals surface area (Å²) in [4.78, 5) is 12.5. The molecule has 0 aliphatic carbocycles. The van der Waals surface area contributed by atoms with Crippen LogP contribution in [0, 0.1) is 6.92 Å². The standard InChI is InChI=1S/C23H18ClN3OS/c1-16-7-9-18(10-8-16)22-25-26-23(27(22)20-13-11-19(24)12-14-20)29-15-21(28)17-5-3-2-4-6-17/h2-14H,15H2,1H3. The fourth-order valence-corrected chi connectivity index (χ4v) is 3.89. The first-order valence-corrected chi connectivity index (χ1v) is 10.5. The molecule has 144 valence electrons. The van der Waals surface area contributed by atoms with Crippen molar-refractivity contribution in [2.75, 3.05) is 5.75 Å². The second kappa shape index (κ2) is 8.64. The molecule has 0 aliphatic heterocycles. The fourth-order valence-electron chi connectivity index (χ4n) is 2.91. The molecule has 4 aromatic rings. The molecule has 4 rings (SSSR count). The molecule has 0 atom stereocenters. The van der Waals surface area contributed by atoms with Crippen molar-refractivity contribution in [1.29, 1.82) is 0 Å². The molecule has 4 nitrogen and oxygen atoms in total. The highest BCUT2D eigenvalue weighted by molar-refractivity contribution is 7.99. The molecule has 0 fully saturated rings. The molecule has 3 aromatic carbocycles. The molecule has 0 bridgehead atoms. The van der Waals surface area contributed by atoms with Crippen molar-refractivity contribution in [1.82, 2.24) is 14.8 Å². The molecular weight excluding hydrogens is 402 g/mol. The Balaban J connectivity index is 1.69. The largest absolute Gasteiger partial charge is 0.293 e. The lowest BCUT2D eigenvalue weighted by Crippen LogP contribution is -2.04. The summed E-state index contributed by atoms with van der Waals surface area (Å²) in [5.41, 5.74) is 3.72. The Hall–Kier alpha value is -2.89. The number of aryl methyl sites for hydroxylation is 1. The van der Waals surface area contributed by atoms with E-state index in [1.54, 1.807) is 0 Å². The van der Waals surface area contributed by atoms with E-state index in [1.165, 1.54) is 17.3 Å². The van der Waals surface area contributed by atoms with Gasteiger partial charge in [0.2, 0.25) is 0 Å². The van der Waals surface area contributed by atoms with Gasteiger partial charge < -0.3 is 0 Å². The summed E-state index contributed by atoms with van der Waals surface area (Å²) in [6, 6.07) is 24.9. The van der Waals surface area contributed by atoms with Crippen molar-refractivity contribution in [2.24, 2.45) is 0 Å². The fraction of sp³-hybridized carbons (Fsp3) is 0.0870. The quantitative estimate of drug-likeness (QED) is 0.289. The van der Waals surface area contributed by atoms with E-state index in [0.717, 1.165) is 17.1 Å². The zero-order valence-corrected chi connectivity index (χ0v) is 17.3. The van der Waals surface area contributed by atoms with Crippen LogP contribution in [0.3, 0.4) is 0 Å². The van der Waals surface area contributed by atoms with Crippen LogP contribution in [0.5, 0.6) is 0 Å². The van der Waals surface area contributed by atoms with Crippen molar-refractivity contribution < 1.29 is 4.79 Å². The first kappa shape index (κ1) is 19.4. The van der Waals surface area contributed by atoms with Gasteiger partial charge in [-0.2, -0.15) is 0 Å². The van der Waals surface area contributed by atoms with Gasteiger partial charge in [-0.25, -0.2) is 0 Å². The maximum Gasteiger partial charge on any atom is 0.196 e. The number of halogens is 1. The number of ketones is 1. The van der Waals surface area contributed by atoms with Crippen LogP contribution >= 0.6 is 23.4 Å². The highest BCUT2D eigenvalue weighted by Gasteiger charge is 2.17. The first-order chi connectivity index (χ1) is 14.1. The zero-order chi connectivity index (χ0) is 20.2. The second-order valence-electron chi connectivity index (χ2n) is 6.56. The van der Waals surface area contributed by atoms with Gasteiger partial charge in [0.15, 0.2) is 16.8 Å². The molecular formula is C23H18ClN3OS. The van der Waals surface area contributed by atoms with Crippen LogP contribution in [-0.2, 0) is 0 Å². The summed E-state index contributed by atoms with van der Waals surface area (Å²) >= 11 is 7.44. The number of benzene rings is 3. The average Bonchev–Trinajstić information content (AvgIpc) is 3.17. The minimum Gasteiger partial charge on any atom is -0.293 e. The Morgan fingerprint density at radius 1 is 0.931 bits per heavy atom. The van der Waals surface area contributed by atoms with Crippen LogP contribution in [0.4, 0.5) is 0 Å². The molecule has 0 unspecified atom stereocenters. The average molecular weight is 420 g/mol. The van der Waals surface area contributed by atoms with E-state index in [0.29, 0.717) is 15.7 Å². The van der Waals surface area contributed by atoms with E-state index >= 15 is 0 Å². The van der Waals surface area contributed by atoms with Crippen LogP contribution in [0.2, 0.25) is 5.02 Å². The van der Waals surface area contributed by atoms with Crippen LogP contribution in [0.1, 0.15) is 15.9 Å². The van der Waals surface area contributed by atoms with E-state index in [4.69, 9.17) is 11.6 Å². The molecule has 0 N–H and O–H groups in total. The Labute approximate surface area is 178 Å². The molecule has 0 aliphatic rings. The SMILES string of the molecule is Cc1ccc(-c2nnc(SCC(=O)c3ccccc3)n2-c2ccc(Cl)cc2)cc1. The number of carbonyl (C=O) groups is 1. The number of hydrogen-bond acceptors (Lipinski definition) is 4. The van der Waals surface area contributed by atoms with Crippen LogP contribution in [0.15, 0.2) is 84.0 Å². The highest BCUT2D eigenvalue weighted by Crippen LogP contribution is 2.29. The summed E-state index contributed by atoms with van der Waals surface area (Å²) < 4.78 is 1.96. The Morgan fingerprint density at radius 3 is 2.31 bits per heavy atom. The van der Waals surface area contributed by atoms with Crippen molar-refractivity contribution in [3.63, 3.8) is 0 Å². The van der Waals surface area contributed by atoms with Gasteiger partial charge in [0.25, 0.3) is 0 Å². The van der Waals surface area contributed by atoms with Gasteiger partial charge in [-0.3, -0.25) is 9.36 Å². The van der Waals surface area contributed by atoms with Gasteiger partial charge in [-0.15, -0.1) is 10.2 Å². The molecule has 0 saturated carbocycles. The summed E-state index contributed by atoms with van der Waals surface area (Å²) in [6.07, 6.45) is 0. The van der Waals surface area contributed by atoms with Crippen molar-refractivity contribution in [2.45, 2.75) is 12.1 Å². The third-order valence-electron chi connectivity index (χ3n) is 4.46. The molecule has 1 heterocycles. The van der Waals surface area contributed by atoms with Crippen LogP contribution < -0.4 is 0 Å². The third-order valence-corrected chi connectivity index (χ3v) is 5.64. The number of carbonyl (C=O) groups excluding carboxylic acids is 1. The predicted molar refractivity (Wildman–Crippen MR) is 118 cm³/mol. The normalized spacial score (nSPS) is 10.8. The Bertz CT molecular complexity index is 1120. The summed E-state index contributed by atoms with van der Waals surface area (Å²) in [5.74, 6) is 1.06. The number of hydrogen-bond donors (Lipinski definition) is 0. The maximum absolute atomic E-state index is 12.5. The van der Waals surface area contributed by atoms with Gasteiger partial charge in [0.05, 0.1) is 5.75 Å². The zero-order valence-electron chi connectivity index (χ0n) is 15.7. The van der Waals surface area contributed by atoms with E-state index < -0.39 is 0 Å². The number of thioether (sulfide) groups is 1. The molecule has 0 spiro atoms. The number of aromatic nitrogens is 3. The number of Topliss-reactive ketones (excluding diaryl/α,β-unsaturated/α-hetero) is 1. The minimum absolute atomic E-state index is 0.0538. The number of nitrogens with zero attached hydrogens (tertiary/aromatic N) is 3. The molecule has 29 heavy (non-hydrogen) atoms. The lowest BCUT2D eigenvalue weighted by Gasteiger charge is -2.10. The first-order valence-electron chi connectivity index (χ1n) is 9.11. The van der Waals surface area contributed by atoms with E-state index in [9.17, 15) is 4.79 Å². The topological polar surface area (TPSA) is 47.8 Å². The van der Waals surface area contributed by atoms with E-state index in [-0.39, 0.29) is 11.5 Å². The van der Waals surface area contributed by atoms with Gasteiger partial charge in [0.1, 0.15) is 0 Å². The Kier molecular flexibility index (Phi) is 5.79. The summed E-state index contributed by atoms with van der Waals surface area (Å²) in [6.45, 7) is 2.05. The van der Waals surface area contributed by atoms with Gasteiger partial charge in [-0.05, 0) is 31.2 Å². The summed E-state index contributed by atoms with van der Waals surface area (Å²) in [5, 5.41) is 10.1. The smallest absolute Gasteiger partial charge is 0.196 e. The molecule has 1 aromatic heterocycles. The second-order valence-corrected chi connectivity index (χ2v) is 7.94. The Morgan fingerprint density at radius 2 is 1.62 bits per heavy atom. The van der Waals surface area contributed by atoms with Crippen LogP contribution in [0.25, 0.3) is 17.1 Å². The van der Waals surface area contributed by atoms with Gasteiger partial charge >= 0.3 is 0 Å². The highest BCUT2D eigenvalue weighted by atomic mass is 35.5. The molecule has 0 amide bonds. The third kappa shape index (κ3) is 4.42. The molecule has 0 radical (unpaired) electrons. The minimum atomic E-state index is 0.0538. The molecule has 0 saturated heterocycles.